The molecular formula is C10H20N2S. The molecule has 13 heavy (non-hydrogen) atoms. The first-order valence-corrected chi connectivity index (χ1v) is 5.63. The Balaban J connectivity index is 1.89. The zero-order valence-corrected chi connectivity index (χ0v) is 9.41. The van der Waals surface area contributed by atoms with E-state index >= 15 is 0 Å². The molecule has 1 aliphatic rings. The van der Waals surface area contributed by atoms with Crippen LogP contribution in [0.4, 0.5) is 0 Å². The normalized spacial score (nSPS) is 15.9. The molecule has 1 rings (SSSR count). The number of rotatable bonds is 5. The minimum absolute atomic E-state index is 0.671. The van der Waals surface area contributed by atoms with Gasteiger partial charge in [-0.2, -0.15) is 0 Å². The fourth-order valence-corrected chi connectivity index (χ4v) is 1.45. The standard InChI is InChI=1S/C10H20N2S/c1-8(2)4-3-7-11-10(13)12-9-5-6-9/h8-9H,3-7H2,1-2H3,(H2,11,12,13). The first-order chi connectivity index (χ1) is 6.18. The average Bonchev–Trinajstić information content (AvgIpc) is 2.81. The number of hydrogen-bond acceptors (Lipinski definition) is 1. The maximum Gasteiger partial charge on any atom is 0.166 e. The molecule has 2 nitrogen and oxygen atoms in total. The van der Waals surface area contributed by atoms with Crippen molar-refractivity contribution in [2.24, 2.45) is 5.92 Å². The van der Waals surface area contributed by atoms with E-state index in [-0.39, 0.29) is 0 Å². The van der Waals surface area contributed by atoms with Crippen molar-refractivity contribution in [3.63, 3.8) is 0 Å². The Morgan fingerprint density at radius 2 is 2.15 bits per heavy atom. The van der Waals surface area contributed by atoms with Gasteiger partial charge in [-0.25, -0.2) is 0 Å². The van der Waals surface area contributed by atoms with E-state index in [1.165, 1.54) is 25.7 Å². The highest BCUT2D eigenvalue weighted by molar-refractivity contribution is 7.80. The SMILES string of the molecule is CC(C)CCCNC(=S)NC1CC1. The van der Waals surface area contributed by atoms with Gasteiger partial charge in [0.1, 0.15) is 0 Å². The van der Waals surface area contributed by atoms with E-state index < -0.39 is 0 Å². The molecule has 0 amide bonds. The van der Waals surface area contributed by atoms with Crippen LogP contribution in [0.5, 0.6) is 0 Å². The lowest BCUT2D eigenvalue weighted by molar-refractivity contribution is 0.550. The Hall–Kier alpha value is -0.310. The summed E-state index contributed by atoms with van der Waals surface area (Å²) in [5.74, 6) is 0.798. The van der Waals surface area contributed by atoms with Crippen LogP contribution in [0, 0.1) is 5.92 Å². The van der Waals surface area contributed by atoms with Crippen LogP contribution < -0.4 is 10.6 Å². The van der Waals surface area contributed by atoms with Gasteiger partial charge in [-0.15, -0.1) is 0 Å². The molecule has 0 radical (unpaired) electrons. The van der Waals surface area contributed by atoms with Gasteiger partial charge in [0.25, 0.3) is 0 Å². The Morgan fingerprint density at radius 1 is 1.46 bits per heavy atom. The summed E-state index contributed by atoms with van der Waals surface area (Å²) in [7, 11) is 0. The van der Waals surface area contributed by atoms with Crippen molar-refractivity contribution in [1.29, 1.82) is 0 Å². The first kappa shape index (κ1) is 10.8. The molecule has 0 aromatic heterocycles. The highest BCUT2D eigenvalue weighted by Crippen LogP contribution is 2.18. The predicted octanol–water partition coefficient (Wildman–Crippen LogP) is 2.05. The molecule has 0 aromatic rings. The van der Waals surface area contributed by atoms with Gasteiger partial charge in [0.2, 0.25) is 0 Å². The number of hydrogen-bond donors (Lipinski definition) is 2. The van der Waals surface area contributed by atoms with E-state index in [9.17, 15) is 0 Å². The maximum absolute atomic E-state index is 5.13. The Bertz CT molecular complexity index is 164. The summed E-state index contributed by atoms with van der Waals surface area (Å²) in [5, 5.41) is 7.33. The molecule has 0 unspecified atom stereocenters. The van der Waals surface area contributed by atoms with E-state index in [1.54, 1.807) is 0 Å². The van der Waals surface area contributed by atoms with Crippen molar-refractivity contribution in [2.45, 2.75) is 45.6 Å². The monoisotopic (exact) mass is 200 g/mol. The second-order valence-electron chi connectivity index (χ2n) is 4.21. The molecule has 0 aliphatic heterocycles. The molecular weight excluding hydrogens is 180 g/mol. The second kappa shape index (κ2) is 5.43. The molecule has 0 heterocycles. The minimum atomic E-state index is 0.671. The van der Waals surface area contributed by atoms with Crippen LogP contribution in [-0.2, 0) is 0 Å². The van der Waals surface area contributed by atoms with Gasteiger partial charge in [-0.1, -0.05) is 13.8 Å². The van der Waals surface area contributed by atoms with Crippen LogP contribution in [0.15, 0.2) is 0 Å². The smallest absolute Gasteiger partial charge is 0.166 e. The van der Waals surface area contributed by atoms with Gasteiger partial charge >= 0.3 is 0 Å². The zero-order valence-electron chi connectivity index (χ0n) is 8.60. The molecule has 76 valence electrons. The highest BCUT2D eigenvalue weighted by Gasteiger charge is 2.21. The van der Waals surface area contributed by atoms with Gasteiger partial charge in [-0.3, -0.25) is 0 Å². The van der Waals surface area contributed by atoms with Crippen LogP contribution in [0.1, 0.15) is 39.5 Å². The fraction of sp³-hybridized carbons (Fsp3) is 0.900. The van der Waals surface area contributed by atoms with Crippen LogP contribution in [0.25, 0.3) is 0 Å². The molecule has 1 saturated carbocycles. The second-order valence-corrected chi connectivity index (χ2v) is 4.62. The summed E-state index contributed by atoms with van der Waals surface area (Å²) in [6.45, 7) is 5.51. The van der Waals surface area contributed by atoms with Crippen molar-refractivity contribution in [3.8, 4) is 0 Å². The topological polar surface area (TPSA) is 24.1 Å². The van der Waals surface area contributed by atoms with Crippen LogP contribution in [0.2, 0.25) is 0 Å². The van der Waals surface area contributed by atoms with E-state index in [1.807, 2.05) is 0 Å². The summed E-state index contributed by atoms with van der Waals surface area (Å²) in [6, 6.07) is 0.671. The molecule has 0 bridgehead atoms. The first-order valence-electron chi connectivity index (χ1n) is 5.23. The van der Waals surface area contributed by atoms with Crippen molar-refractivity contribution in [1.82, 2.24) is 10.6 Å². The molecule has 1 aliphatic carbocycles. The fourth-order valence-electron chi connectivity index (χ4n) is 1.18. The van der Waals surface area contributed by atoms with Gasteiger partial charge in [0.15, 0.2) is 5.11 Å². The van der Waals surface area contributed by atoms with Crippen molar-refractivity contribution in [2.75, 3.05) is 6.54 Å². The van der Waals surface area contributed by atoms with Gasteiger partial charge in [0, 0.05) is 12.6 Å². The van der Waals surface area contributed by atoms with Gasteiger partial charge < -0.3 is 10.6 Å². The van der Waals surface area contributed by atoms with Crippen molar-refractivity contribution >= 4 is 17.3 Å². The largest absolute Gasteiger partial charge is 0.363 e. The Kier molecular flexibility index (Phi) is 4.50. The molecule has 0 aromatic carbocycles. The lowest BCUT2D eigenvalue weighted by Crippen LogP contribution is -2.37. The van der Waals surface area contributed by atoms with Crippen LogP contribution in [0.3, 0.4) is 0 Å². The lowest BCUT2D eigenvalue weighted by Gasteiger charge is -2.09. The van der Waals surface area contributed by atoms with Crippen LogP contribution >= 0.6 is 12.2 Å². The third-order valence-electron chi connectivity index (χ3n) is 2.16. The van der Waals surface area contributed by atoms with Gasteiger partial charge in [0.05, 0.1) is 0 Å². The molecule has 0 atom stereocenters. The Morgan fingerprint density at radius 3 is 2.69 bits per heavy atom. The third-order valence-corrected chi connectivity index (χ3v) is 2.42. The summed E-state index contributed by atoms with van der Waals surface area (Å²) >= 11 is 5.13. The molecule has 0 saturated heterocycles. The van der Waals surface area contributed by atoms with E-state index in [4.69, 9.17) is 12.2 Å². The minimum Gasteiger partial charge on any atom is -0.363 e. The average molecular weight is 200 g/mol. The van der Waals surface area contributed by atoms with E-state index in [0.717, 1.165) is 17.6 Å². The summed E-state index contributed by atoms with van der Waals surface area (Å²) < 4.78 is 0. The predicted molar refractivity (Wildman–Crippen MR) is 60.8 cm³/mol. The maximum atomic E-state index is 5.13. The number of thiocarbonyl (C=S) groups is 1. The third kappa shape index (κ3) is 5.86. The quantitative estimate of drug-likeness (QED) is 0.525. The van der Waals surface area contributed by atoms with E-state index in [0.29, 0.717) is 6.04 Å². The molecule has 3 heteroatoms. The molecule has 2 N–H and O–H groups in total. The summed E-state index contributed by atoms with van der Waals surface area (Å²) in [6.07, 6.45) is 5.06. The zero-order chi connectivity index (χ0) is 9.68. The number of nitrogens with one attached hydrogen (secondary N) is 2. The highest BCUT2D eigenvalue weighted by atomic mass is 32.1. The summed E-state index contributed by atoms with van der Waals surface area (Å²) in [5.41, 5.74) is 0. The van der Waals surface area contributed by atoms with E-state index in [2.05, 4.69) is 24.5 Å². The molecule has 1 fully saturated rings. The molecule has 0 spiro atoms. The lowest BCUT2D eigenvalue weighted by atomic mass is 10.1. The van der Waals surface area contributed by atoms with Crippen molar-refractivity contribution < 1.29 is 0 Å². The Labute approximate surface area is 86.5 Å². The summed E-state index contributed by atoms with van der Waals surface area (Å²) in [4.78, 5) is 0. The van der Waals surface area contributed by atoms with Gasteiger partial charge in [-0.05, 0) is 43.8 Å². The van der Waals surface area contributed by atoms with Crippen molar-refractivity contribution in [3.05, 3.63) is 0 Å². The van der Waals surface area contributed by atoms with Crippen LogP contribution in [-0.4, -0.2) is 17.7 Å².